The van der Waals surface area contributed by atoms with Crippen molar-refractivity contribution in [1.29, 1.82) is 0 Å². The molecule has 158 valence electrons. The lowest BCUT2D eigenvalue weighted by molar-refractivity contribution is -0.124. The first-order valence-electron chi connectivity index (χ1n) is 10.4. The quantitative estimate of drug-likeness (QED) is 0.595. The zero-order valence-corrected chi connectivity index (χ0v) is 17.6. The number of anilines is 1. The van der Waals surface area contributed by atoms with Gasteiger partial charge in [0.05, 0.1) is 17.3 Å². The van der Waals surface area contributed by atoms with Crippen LogP contribution in [0.15, 0.2) is 60.3 Å². The molecule has 2 heterocycles. The highest BCUT2D eigenvalue weighted by Crippen LogP contribution is 2.50. The molecule has 2 aromatic carbocycles. The van der Waals surface area contributed by atoms with Crippen molar-refractivity contribution in [2.75, 3.05) is 5.32 Å². The van der Waals surface area contributed by atoms with Crippen LogP contribution >= 0.6 is 0 Å². The van der Waals surface area contributed by atoms with Crippen molar-refractivity contribution < 1.29 is 13.6 Å². The molecule has 0 spiro atoms. The van der Waals surface area contributed by atoms with Crippen molar-refractivity contribution in [2.24, 2.45) is 11.3 Å². The molecule has 4 nitrogen and oxygen atoms in total. The van der Waals surface area contributed by atoms with Crippen LogP contribution in [-0.2, 0) is 4.79 Å². The maximum absolute atomic E-state index is 14.2. The third-order valence-corrected chi connectivity index (χ3v) is 6.18. The number of hydrogen-bond donors (Lipinski definition) is 1. The number of benzene rings is 2. The van der Waals surface area contributed by atoms with Gasteiger partial charge in [0.1, 0.15) is 11.6 Å². The van der Waals surface area contributed by atoms with Gasteiger partial charge in [-0.2, -0.15) is 5.10 Å². The molecule has 2 aliphatic rings. The van der Waals surface area contributed by atoms with Gasteiger partial charge in [0.2, 0.25) is 0 Å². The predicted molar refractivity (Wildman–Crippen MR) is 115 cm³/mol. The van der Waals surface area contributed by atoms with Gasteiger partial charge in [-0.15, -0.1) is 0 Å². The molecule has 5 rings (SSSR count). The lowest BCUT2D eigenvalue weighted by Gasteiger charge is -2.40. The summed E-state index contributed by atoms with van der Waals surface area (Å²) in [6.45, 7) is 5.94. The average Bonchev–Trinajstić information content (AvgIpc) is 3.04. The van der Waals surface area contributed by atoms with E-state index in [0.29, 0.717) is 12.0 Å². The summed E-state index contributed by atoms with van der Waals surface area (Å²) >= 11 is 0. The largest absolute Gasteiger partial charge is 0.343 e. The fourth-order valence-corrected chi connectivity index (χ4v) is 4.93. The first-order chi connectivity index (χ1) is 14.7. The van der Waals surface area contributed by atoms with Gasteiger partial charge in [-0.1, -0.05) is 44.2 Å². The van der Waals surface area contributed by atoms with Gasteiger partial charge in [-0.05, 0) is 42.2 Å². The van der Waals surface area contributed by atoms with E-state index in [1.807, 2.05) is 55.8 Å². The number of fused-ring (bicyclic) bond motifs is 2. The predicted octanol–water partition coefficient (Wildman–Crippen LogP) is 5.52. The molecule has 1 N–H and O–H groups in total. The van der Waals surface area contributed by atoms with E-state index in [9.17, 15) is 13.6 Å². The van der Waals surface area contributed by atoms with E-state index in [1.54, 1.807) is 6.07 Å². The van der Waals surface area contributed by atoms with Crippen LogP contribution in [-0.4, -0.2) is 15.6 Å². The fraction of sp³-hybridized carbons (Fsp3) is 0.280. The molecule has 0 radical (unpaired) electrons. The van der Waals surface area contributed by atoms with E-state index in [1.165, 1.54) is 6.07 Å². The summed E-state index contributed by atoms with van der Waals surface area (Å²) in [4.78, 5) is 13.3. The molecule has 1 aromatic heterocycles. The third kappa shape index (κ3) is 3.17. The van der Waals surface area contributed by atoms with E-state index in [4.69, 9.17) is 5.10 Å². The Hall–Kier alpha value is -3.28. The number of para-hydroxylation sites is 1. The number of ketones is 1. The van der Waals surface area contributed by atoms with Crippen LogP contribution in [0.3, 0.4) is 0 Å². The highest BCUT2D eigenvalue weighted by Gasteiger charge is 2.46. The number of halogens is 2. The van der Waals surface area contributed by atoms with Gasteiger partial charge in [0.15, 0.2) is 11.6 Å². The Morgan fingerprint density at radius 2 is 1.81 bits per heavy atom. The minimum Gasteiger partial charge on any atom is -0.343 e. The fourth-order valence-electron chi connectivity index (χ4n) is 4.93. The summed E-state index contributed by atoms with van der Waals surface area (Å²) in [7, 11) is 0. The topological polar surface area (TPSA) is 46.9 Å². The smallest absolute Gasteiger partial charge is 0.159 e. The maximum Gasteiger partial charge on any atom is 0.159 e. The van der Waals surface area contributed by atoms with Crippen molar-refractivity contribution in [2.45, 2.75) is 33.1 Å². The molecule has 0 amide bonds. The van der Waals surface area contributed by atoms with Crippen LogP contribution in [0.1, 0.15) is 43.0 Å². The standard InChI is InChI=1S/C25H23F2N3O/c1-14-21-22(15-9-10-17(26)18(27)11-15)23-19(12-25(2,3)13-20(23)31)28-24(21)30(29-14)16-7-5-4-6-8-16/h4-12,22-23,28H,13H2,1-3H3/t22-,23+/m0/s1. The Bertz CT molecular complexity index is 1230. The van der Waals surface area contributed by atoms with Crippen molar-refractivity contribution in [3.05, 3.63) is 88.8 Å². The number of allylic oxidation sites excluding steroid dienone is 2. The second-order valence-electron chi connectivity index (χ2n) is 9.08. The van der Waals surface area contributed by atoms with Crippen LogP contribution in [0.25, 0.3) is 5.69 Å². The summed E-state index contributed by atoms with van der Waals surface area (Å²) in [5.41, 5.74) is 3.53. The zero-order chi connectivity index (χ0) is 21.9. The summed E-state index contributed by atoms with van der Waals surface area (Å²) < 4.78 is 29.7. The minimum absolute atomic E-state index is 0.0854. The summed E-state index contributed by atoms with van der Waals surface area (Å²) in [5, 5.41) is 8.22. The van der Waals surface area contributed by atoms with Crippen LogP contribution in [0.5, 0.6) is 0 Å². The SMILES string of the molecule is Cc1nn(-c2ccccc2)c2c1[C@H](c1ccc(F)c(F)c1)[C@H]1C(=O)CC(C)(C)C=C1N2. The summed E-state index contributed by atoms with van der Waals surface area (Å²) in [6, 6.07) is 13.6. The Balaban J connectivity index is 1.78. The first-order valence-corrected chi connectivity index (χ1v) is 10.4. The number of Topliss-reactive ketones (excluding diaryl/α,β-unsaturated/α-hetero) is 1. The Kier molecular flexibility index (Phi) is 4.36. The molecule has 0 fully saturated rings. The van der Waals surface area contributed by atoms with Gasteiger partial charge >= 0.3 is 0 Å². The highest BCUT2D eigenvalue weighted by atomic mass is 19.2. The number of nitrogens with one attached hydrogen (secondary N) is 1. The summed E-state index contributed by atoms with van der Waals surface area (Å²) in [5.74, 6) is -1.91. The van der Waals surface area contributed by atoms with Gasteiger partial charge in [0, 0.05) is 23.6 Å². The average molecular weight is 419 g/mol. The Morgan fingerprint density at radius 1 is 1.06 bits per heavy atom. The minimum atomic E-state index is -0.917. The molecular formula is C25H23F2N3O. The normalized spacial score (nSPS) is 21.7. The molecule has 1 aliphatic heterocycles. The molecule has 6 heteroatoms. The number of hydrogen-bond acceptors (Lipinski definition) is 3. The van der Waals surface area contributed by atoms with Crippen molar-refractivity contribution in [1.82, 2.24) is 9.78 Å². The Labute approximate surface area is 179 Å². The first kappa shape index (κ1) is 19.7. The lowest BCUT2D eigenvalue weighted by atomic mass is 9.67. The number of rotatable bonds is 2. The molecule has 0 saturated carbocycles. The van der Waals surface area contributed by atoms with E-state index in [0.717, 1.165) is 34.5 Å². The van der Waals surface area contributed by atoms with E-state index >= 15 is 0 Å². The second-order valence-corrected chi connectivity index (χ2v) is 9.08. The van der Waals surface area contributed by atoms with Crippen LogP contribution in [0.2, 0.25) is 0 Å². The highest BCUT2D eigenvalue weighted by molar-refractivity contribution is 5.90. The van der Waals surface area contributed by atoms with E-state index in [2.05, 4.69) is 11.4 Å². The zero-order valence-electron chi connectivity index (χ0n) is 17.6. The van der Waals surface area contributed by atoms with Gasteiger partial charge < -0.3 is 5.32 Å². The molecular weight excluding hydrogens is 396 g/mol. The van der Waals surface area contributed by atoms with Crippen LogP contribution in [0.4, 0.5) is 14.6 Å². The number of carbonyl (C=O) groups excluding carboxylic acids is 1. The lowest BCUT2D eigenvalue weighted by Crippen LogP contribution is -2.39. The third-order valence-electron chi connectivity index (χ3n) is 6.18. The molecule has 1 aliphatic carbocycles. The number of nitrogens with zero attached hydrogens (tertiary/aromatic N) is 2. The van der Waals surface area contributed by atoms with E-state index < -0.39 is 23.5 Å². The molecule has 0 saturated heterocycles. The van der Waals surface area contributed by atoms with Crippen molar-refractivity contribution >= 4 is 11.6 Å². The van der Waals surface area contributed by atoms with Gasteiger partial charge in [0.25, 0.3) is 0 Å². The number of carbonyl (C=O) groups is 1. The van der Waals surface area contributed by atoms with Crippen molar-refractivity contribution in [3.63, 3.8) is 0 Å². The molecule has 0 unspecified atom stereocenters. The van der Waals surface area contributed by atoms with Crippen molar-refractivity contribution in [3.8, 4) is 5.69 Å². The second kappa shape index (κ2) is 6.87. The van der Waals surface area contributed by atoms with Gasteiger partial charge in [-0.25, -0.2) is 13.5 Å². The number of aromatic nitrogens is 2. The van der Waals surface area contributed by atoms with E-state index in [-0.39, 0.29) is 11.2 Å². The number of aryl methyl sites for hydroxylation is 1. The molecule has 31 heavy (non-hydrogen) atoms. The molecule has 3 aromatic rings. The van der Waals surface area contributed by atoms with Gasteiger partial charge in [-0.3, -0.25) is 4.79 Å². The van der Waals surface area contributed by atoms with Crippen LogP contribution < -0.4 is 5.32 Å². The molecule has 0 bridgehead atoms. The monoisotopic (exact) mass is 419 g/mol. The van der Waals surface area contributed by atoms with Crippen LogP contribution in [0, 0.1) is 29.9 Å². The maximum atomic E-state index is 14.2. The summed E-state index contributed by atoms with van der Waals surface area (Å²) in [6.07, 6.45) is 2.48. The Morgan fingerprint density at radius 3 is 2.52 bits per heavy atom. The molecule has 2 atom stereocenters.